The summed E-state index contributed by atoms with van der Waals surface area (Å²) in [6, 6.07) is 4.32. The highest BCUT2D eigenvalue weighted by molar-refractivity contribution is 6.02. The van der Waals surface area contributed by atoms with Crippen LogP contribution in [0, 0.1) is 0 Å². The number of H-pyrrole nitrogens is 1. The van der Waals surface area contributed by atoms with E-state index >= 15 is 0 Å². The summed E-state index contributed by atoms with van der Waals surface area (Å²) in [5.41, 5.74) is 9.55. The fraction of sp³-hybridized carbons (Fsp3) is 0.353. The number of aromatic amines is 1. The molecule has 1 unspecified atom stereocenters. The average molecular weight is 324 g/mol. The van der Waals surface area contributed by atoms with Gasteiger partial charge in [0.05, 0.1) is 29.4 Å². The molecule has 0 aliphatic carbocycles. The van der Waals surface area contributed by atoms with Gasteiger partial charge in [-0.2, -0.15) is 0 Å². The molecule has 3 aromatic heterocycles. The number of hydrogen-bond donors (Lipinski definition) is 2. The minimum atomic E-state index is 0.269. The third-order valence-electron chi connectivity index (χ3n) is 4.55. The SMILES string of the molecule is COCC1CCCN1c1ccnc2[nH]cc(-c3ccnc(N)n3)c12. The number of nitrogens with one attached hydrogen (secondary N) is 1. The summed E-state index contributed by atoms with van der Waals surface area (Å²) in [6.07, 6.45) is 7.75. The number of pyridine rings is 1. The van der Waals surface area contributed by atoms with Gasteiger partial charge in [0.25, 0.3) is 0 Å². The van der Waals surface area contributed by atoms with Gasteiger partial charge in [-0.25, -0.2) is 15.0 Å². The molecule has 1 aliphatic heterocycles. The van der Waals surface area contributed by atoms with E-state index in [1.807, 2.05) is 18.5 Å². The third kappa shape index (κ3) is 2.46. The molecular weight excluding hydrogens is 304 g/mol. The largest absolute Gasteiger partial charge is 0.383 e. The zero-order valence-corrected chi connectivity index (χ0v) is 13.6. The molecule has 4 rings (SSSR count). The van der Waals surface area contributed by atoms with Gasteiger partial charge in [0.1, 0.15) is 5.65 Å². The van der Waals surface area contributed by atoms with Gasteiger partial charge in [-0.1, -0.05) is 0 Å². The second-order valence-electron chi connectivity index (χ2n) is 6.00. The second kappa shape index (κ2) is 6.09. The normalized spacial score (nSPS) is 17.7. The van der Waals surface area contributed by atoms with E-state index in [-0.39, 0.29) is 5.95 Å². The zero-order valence-electron chi connectivity index (χ0n) is 13.6. The van der Waals surface area contributed by atoms with Crippen LogP contribution in [0.15, 0.2) is 30.7 Å². The Morgan fingerprint density at radius 1 is 1.33 bits per heavy atom. The lowest BCUT2D eigenvalue weighted by Gasteiger charge is -2.27. The Morgan fingerprint density at radius 2 is 2.21 bits per heavy atom. The minimum absolute atomic E-state index is 0.269. The molecule has 1 atom stereocenters. The number of nitrogen functional groups attached to an aromatic ring is 1. The van der Waals surface area contributed by atoms with Crippen LogP contribution < -0.4 is 10.6 Å². The number of nitrogens with zero attached hydrogens (tertiary/aromatic N) is 4. The van der Waals surface area contributed by atoms with Gasteiger partial charge in [0, 0.05) is 37.8 Å². The highest BCUT2D eigenvalue weighted by Gasteiger charge is 2.27. The van der Waals surface area contributed by atoms with E-state index in [2.05, 4.69) is 30.9 Å². The first-order chi connectivity index (χ1) is 11.8. The van der Waals surface area contributed by atoms with Crippen molar-refractivity contribution in [2.75, 3.05) is 30.9 Å². The van der Waals surface area contributed by atoms with Gasteiger partial charge in [0.2, 0.25) is 5.95 Å². The first kappa shape index (κ1) is 14.9. The van der Waals surface area contributed by atoms with E-state index in [0.29, 0.717) is 6.04 Å². The molecule has 1 fully saturated rings. The Morgan fingerprint density at radius 3 is 3.04 bits per heavy atom. The van der Waals surface area contributed by atoms with E-state index in [0.717, 1.165) is 54.0 Å². The van der Waals surface area contributed by atoms with Crippen LogP contribution in [0.1, 0.15) is 12.8 Å². The van der Waals surface area contributed by atoms with Crippen LogP contribution in [-0.2, 0) is 4.74 Å². The van der Waals surface area contributed by atoms with Gasteiger partial charge in [-0.15, -0.1) is 0 Å². The van der Waals surface area contributed by atoms with E-state index in [9.17, 15) is 0 Å². The van der Waals surface area contributed by atoms with Gasteiger partial charge in [0.15, 0.2) is 0 Å². The van der Waals surface area contributed by atoms with Crippen LogP contribution in [0.25, 0.3) is 22.3 Å². The Labute approximate surface area is 139 Å². The zero-order chi connectivity index (χ0) is 16.5. The lowest BCUT2D eigenvalue weighted by molar-refractivity contribution is 0.181. The van der Waals surface area contributed by atoms with Crippen molar-refractivity contribution in [3.8, 4) is 11.3 Å². The Hall–Kier alpha value is -2.67. The fourth-order valence-corrected chi connectivity index (χ4v) is 3.52. The van der Waals surface area contributed by atoms with E-state index in [4.69, 9.17) is 10.5 Å². The molecule has 3 aromatic rings. The van der Waals surface area contributed by atoms with E-state index < -0.39 is 0 Å². The topological polar surface area (TPSA) is 93.0 Å². The third-order valence-corrected chi connectivity index (χ3v) is 4.55. The first-order valence-electron chi connectivity index (χ1n) is 8.08. The average Bonchev–Trinajstić information content (AvgIpc) is 3.21. The minimum Gasteiger partial charge on any atom is -0.383 e. The fourth-order valence-electron chi connectivity index (χ4n) is 3.52. The van der Waals surface area contributed by atoms with Gasteiger partial charge in [-0.3, -0.25) is 0 Å². The van der Waals surface area contributed by atoms with Crippen molar-refractivity contribution in [2.24, 2.45) is 0 Å². The monoisotopic (exact) mass is 324 g/mol. The molecule has 1 saturated heterocycles. The van der Waals surface area contributed by atoms with Gasteiger partial charge >= 0.3 is 0 Å². The molecule has 1 aliphatic rings. The molecule has 7 heteroatoms. The van der Waals surface area contributed by atoms with E-state index in [1.54, 1.807) is 13.3 Å². The molecule has 0 radical (unpaired) electrons. The predicted molar refractivity (Wildman–Crippen MR) is 93.8 cm³/mol. The number of aromatic nitrogens is 4. The van der Waals surface area contributed by atoms with E-state index in [1.165, 1.54) is 0 Å². The smallest absolute Gasteiger partial charge is 0.220 e. The summed E-state index contributed by atoms with van der Waals surface area (Å²) in [5, 5.41) is 1.07. The standard InChI is InChI=1S/C17H20N6O/c1-24-10-11-3-2-8-23(11)14-5-7-19-16-15(14)12(9-21-16)13-4-6-20-17(18)22-13/h4-7,9,11H,2-3,8,10H2,1H3,(H,19,21)(H2,18,20,22). The summed E-state index contributed by atoms with van der Waals surface area (Å²) in [7, 11) is 1.75. The van der Waals surface area contributed by atoms with Crippen molar-refractivity contribution in [1.29, 1.82) is 0 Å². The molecule has 7 nitrogen and oxygen atoms in total. The quantitative estimate of drug-likeness (QED) is 0.764. The molecule has 124 valence electrons. The van der Waals surface area contributed by atoms with Crippen molar-refractivity contribution >= 4 is 22.7 Å². The summed E-state index contributed by atoms with van der Waals surface area (Å²) in [6.45, 7) is 1.74. The summed E-state index contributed by atoms with van der Waals surface area (Å²) < 4.78 is 5.40. The molecule has 0 aromatic carbocycles. The van der Waals surface area contributed by atoms with Gasteiger partial charge in [-0.05, 0) is 25.0 Å². The highest BCUT2D eigenvalue weighted by Crippen LogP contribution is 2.37. The molecule has 0 bridgehead atoms. The van der Waals surface area contributed by atoms with Crippen LogP contribution in [0.2, 0.25) is 0 Å². The molecule has 4 heterocycles. The van der Waals surface area contributed by atoms with Crippen molar-refractivity contribution in [3.05, 3.63) is 30.7 Å². The number of methoxy groups -OCH3 is 1. The number of ether oxygens (including phenoxy) is 1. The maximum absolute atomic E-state index is 5.76. The van der Waals surface area contributed by atoms with Crippen LogP contribution in [-0.4, -0.2) is 46.2 Å². The molecule has 0 saturated carbocycles. The van der Waals surface area contributed by atoms with Crippen molar-refractivity contribution in [1.82, 2.24) is 19.9 Å². The Bertz CT molecular complexity index is 861. The lowest BCUT2D eigenvalue weighted by Crippen LogP contribution is -2.32. The Kier molecular flexibility index (Phi) is 3.78. The number of fused-ring (bicyclic) bond motifs is 1. The van der Waals surface area contributed by atoms with Crippen LogP contribution in [0.4, 0.5) is 11.6 Å². The summed E-state index contributed by atoms with van der Waals surface area (Å²) in [4.78, 5) is 18.5. The predicted octanol–water partition coefficient (Wildman–Crippen LogP) is 2.22. The first-order valence-corrected chi connectivity index (χ1v) is 8.08. The van der Waals surface area contributed by atoms with Crippen molar-refractivity contribution in [3.63, 3.8) is 0 Å². The molecule has 0 amide bonds. The maximum atomic E-state index is 5.76. The maximum Gasteiger partial charge on any atom is 0.220 e. The molecular formula is C17H20N6O. The summed E-state index contributed by atoms with van der Waals surface area (Å²) in [5.74, 6) is 0.269. The second-order valence-corrected chi connectivity index (χ2v) is 6.00. The lowest BCUT2D eigenvalue weighted by atomic mass is 10.1. The molecule has 24 heavy (non-hydrogen) atoms. The summed E-state index contributed by atoms with van der Waals surface area (Å²) >= 11 is 0. The molecule has 0 spiro atoms. The number of rotatable bonds is 4. The van der Waals surface area contributed by atoms with Crippen LogP contribution in [0.5, 0.6) is 0 Å². The van der Waals surface area contributed by atoms with Crippen molar-refractivity contribution < 1.29 is 4.74 Å². The highest BCUT2D eigenvalue weighted by atomic mass is 16.5. The number of nitrogens with two attached hydrogens (primary N) is 1. The number of hydrogen-bond acceptors (Lipinski definition) is 6. The van der Waals surface area contributed by atoms with Crippen molar-refractivity contribution in [2.45, 2.75) is 18.9 Å². The van der Waals surface area contributed by atoms with Crippen LogP contribution in [0.3, 0.4) is 0 Å². The van der Waals surface area contributed by atoms with Gasteiger partial charge < -0.3 is 20.4 Å². The van der Waals surface area contributed by atoms with Crippen LogP contribution >= 0.6 is 0 Å². The number of anilines is 2. The molecule has 3 N–H and O–H groups in total. The Balaban J connectivity index is 1.86.